The Morgan fingerprint density at radius 2 is 2.21 bits per heavy atom. The Balaban J connectivity index is 1.27. The number of rotatable bonds is 8. The third-order valence-electron chi connectivity index (χ3n) is 4.64. The molecule has 0 unspecified atom stereocenters. The molecule has 4 aromatic rings. The summed E-state index contributed by atoms with van der Waals surface area (Å²) in [5, 5.41) is 15.4. The van der Waals surface area contributed by atoms with Gasteiger partial charge < -0.3 is 14.8 Å². The molecule has 0 bridgehead atoms. The maximum absolute atomic E-state index is 6.22. The third-order valence-corrected chi connectivity index (χ3v) is 4.88. The van der Waals surface area contributed by atoms with E-state index < -0.39 is 0 Å². The average molecular weight is 411 g/mol. The van der Waals surface area contributed by atoms with Crippen molar-refractivity contribution in [3.63, 3.8) is 0 Å². The highest BCUT2D eigenvalue weighted by molar-refractivity contribution is 6.31. The van der Waals surface area contributed by atoms with Gasteiger partial charge in [-0.1, -0.05) is 11.6 Å². The molecule has 0 amide bonds. The van der Waals surface area contributed by atoms with Gasteiger partial charge in [0.15, 0.2) is 5.65 Å². The first-order valence-electron chi connectivity index (χ1n) is 9.37. The van der Waals surface area contributed by atoms with Crippen LogP contribution in [0.15, 0.2) is 49.1 Å². The molecule has 29 heavy (non-hydrogen) atoms. The van der Waals surface area contributed by atoms with E-state index in [9.17, 15) is 0 Å². The minimum Gasteiger partial charge on any atom is -0.490 e. The number of nitrogens with zero attached hydrogens (tertiary/aromatic N) is 4. The van der Waals surface area contributed by atoms with Crippen LogP contribution in [0.25, 0.3) is 16.9 Å². The predicted molar refractivity (Wildman–Crippen MR) is 109 cm³/mol. The first-order chi connectivity index (χ1) is 14.3. The summed E-state index contributed by atoms with van der Waals surface area (Å²) in [6.45, 7) is 0.698. The first-order valence-corrected chi connectivity index (χ1v) is 9.74. The highest BCUT2D eigenvalue weighted by atomic mass is 35.5. The van der Waals surface area contributed by atoms with Crippen LogP contribution in [0.2, 0.25) is 5.02 Å². The Bertz CT molecular complexity index is 1140. The van der Waals surface area contributed by atoms with E-state index in [0.717, 1.165) is 46.7 Å². The van der Waals surface area contributed by atoms with Gasteiger partial charge in [-0.25, -0.2) is 9.50 Å². The Kier molecular flexibility index (Phi) is 4.79. The SMILES string of the molecule is Clc1ccc(OC2CC2)c(-c2[nH]ncc2NCOCc2cnn3cccnc23)c1. The van der Waals surface area contributed by atoms with Gasteiger partial charge in [-0.3, -0.25) is 5.10 Å². The topological polar surface area (TPSA) is 89.4 Å². The normalized spacial score (nSPS) is 13.7. The molecule has 0 spiro atoms. The summed E-state index contributed by atoms with van der Waals surface area (Å²) < 4.78 is 13.5. The number of nitrogens with one attached hydrogen (secondary N) is 2. The zero-order valence-electron chi connectivity index (χ0n) is 15.5. The average Bonchev–Trinajstić information content (AvgIpc) is 3.27. The van der Waals surface area contributed by atoms with E-state index in [1.807, 2.05) is 30.5 Å². The number of benzene rings is 1. The maximum Gasteiger partial charge on any atom is 0.160 e. The van der Waals surface area contributed by atoms with Crippen molar-refractivity contribution in [2.75, 3.05) is 12.0 Å². The smallest absolute Gasteiger partial charge is 0.160 e. The fourth-order valence-electron chi connectivity index (χ4n) is 3.06. The molecule has 148 valence electrons. The summed E-state index contributed by atoms with van der Waals surface area (Å²) in [7, 11) is 0. The molecule has 0 saturated heterocycles. The lowest BCUT2D eigenvalue weighted by Crippen LogP contribution is -2.07. The summed E-state index contributed by atoms with van der Waals surface area (Å²) in [4.78, 5) is 4.33. The number of ether oxygens (including phenoxy) is 2. The van der Waals surface area contributed by atoms with Crippen molar-refractivity contribution >= 4 is 22.9 Å². The lowest BCUT2D eigenvalue weighted by atomic mass is 10.1. The molecule has 5 rings (SSSR count). The zero-order valence-corrected chi connectivity index (χ0v) is 16.3. The van der Waals surface area contributed by atoms with Gasteiger partial charge in [0.25, 0.3) is 0 Å². The number of H-pyrrole nitrogens is 1. The monoisotopic (exact) mass is 410 g/mol. The number of halogens is 1. The van der Waals surface area contributed by atoms with Crippen LogP contribution in [0, 0.1) is 0 Å². The molecule has 1 aromatic carbocycles. The Morgan fingerprint density at radius 1 is 1.28 bits per heavy atom. The second-order valence-corrected chi connectivity index (χ2v) is 7.28. The van der Waals surface area contributed by atoms with E-state index in [4.69, 9.17) is 21.1 Å². The molecule has 1 saturated carbocycles. The summed E-state index contributed by atoms with van der Waals surface area (Å²) in [6, 6.07) is 7.45. The van der Waals surface area contributed by atoms with Crippen LogP contribution in [0.4, 0.5) is 5.69 Å². The van der Waals surface area contributed by atoms with Gasteiger partial charge in [0.05, 0.1) is 36.5 Å². The fourth-order valence-corrected chi connectivity index (χ4v) is 3.23. The van der Waals surface area contributed by atoms with Crippen molar-refractivity contribution in [3.8, 4) is 17.0 Å². The Morgan fingerprint density at radius 3 is 3.10 bits per heavy atom. The molecule has 2 N–H and O–H groups in total. The predicted octanol–water partition coefficient (Wildman–Crippen LogP) is 3.90. The molecule has 0 aliphatic heterocycles. The van der Waals surface area contributed by atoms with E-state index in [-0.39, 0.29) is 6.10 Å². The highest BCUT2D eigenvalue weighted by Crippen LogP contribution is 2.38. The van der Waals surface area contributed by atoms with Crippen molar-refractivity contribution in [2.45, 2.75) is 25.6 Å². The molecule has 0 radical (unpaired) electrons. The summed E-state index contributed by atoms with van der Waals surface area (Å²) in [6.07, 6.45) is 9.54. The maximum atomic E-state index is 6.22. The molecule has 1 aliphatic rings. The van der Waals surface area contributed by atoms with Gasteiger partial charge in [0.2, 0.25) is 0 Å². The van der Waals surface area contributed by atoms with E-state index in [2.05, 4.69) is 25.6 Å². The van der Waals surface area contributed by atoms with E-state index in [1.54, 1.807) is 23.1 Å². The van der Waals surface area contributed by atoms with Crippen LogP contribution in [0.5, 0.6) is 5.75 Å². The number of anilines is 1. The van der Waals surface area contributed by atoms with Crippen LogP contribution < -0.4 is 10.1 Å². The molecule has 1 aliphatic carbocycles. The van der Waals surface area contributed by atoms with Gasteiger partial charge >= 0.3 is 0 Å². The minimum absolute atomic E-state index is 0.289. The standard InChI is InChI=1S/C20H19ClN6O2/c21-14-2-5-18(29-15-3-4-15)16(8-14)19-17(10-24-26-19)23-12-28-11-13-9-25-27-7-1-6-22-20(13)27/h1-2,5-10,15,23H,3-4,11-12H2,(H,24,26). The summed E-state index contributed by atoms with van der Waals surface area (Å²) in [5.74, 6) is 0.794. The van der Waals surface area contributed by atoms with Crippen LogP contribution >= 0.6 is 11.6 Å². The number of aromatic amines is 1. The quantitative estimate of drug-likeness (QED) is 0.338. The van der Waals surface area contributed by atoms with Crippen molar-refractivity contribution in [1.29, 1.82) is 0 Å². The number of hydrogen-bond donors (Lipinski definition) is 2. The number of hydrogen-bond acceptors (Lipinski definition) is 6. The Labute approximate surface area is 171 Å². The van der Waals surface area contributed by atoms with Gasteiger partial charge in [-0.15, -0.1) is 0 Å². The first kappa shape index (κ1) is 18.0. The van der Waals surface area contributed by atoms with Crippen LogP contribution in [-0.2, 0) is 11.3 Å². The van der Waals surface area contributed by atoms with Crippen LogP contribution in [0.3, 0.4) is 0 Å². The van der Waals surface area contributed by atoms with Crippen molar-refractivity contribution < 1.29 is 9.47 Å². The molecule has 9 heteroatoms. The minimum atomic E-state index is 0.289. The number of aromatic nitrogens is 5. The van der Waals surface area contributed by atoms with Crippen molar-refractivity contribution in [1.82, 2.24) is 24.8 Å². The summed E-state index contributed by atoms with van der Waals surface area (Å²) >= 11 is 6.22. The summed E-state index contributed by atoms with van der Waals surface area (Å²) in [5.41, 5.74) is 4.21. The fraction of sp³-hybridized carbons (Fsp3) is 0.250. The lowest BCUT2D eigenvalue weighted by Gasteiger charge is -2.12. The molecule has 0 atom stereocenters. The molecular formula is C20H19ClN6O2. The second-order valence-electron chi connectivity index (χ2n) is 6.84. The van der Waals surface area contributed by atoms with Crippen molar-refractivity contribution in [3.05, 3.63) is 59.6 Å². The van der Waals surface area contributed by atoms with E-state index in [1.165, 1.54) is 0 Å². The van der Waals surface area contributed by atoms with Crippen LogP contribution in [-0.4, -0.2) is 37.6 Å². The van der Waals surface area contributed by atoms with Gasteiger partial charge in [0.1, 0.15) is 12.5 Å². The van der Waals surface area contributed by atoms with E-state index >= 15 is 0 Å². The highest BCUT2D eigenvalue weighted by Gasteiger charge is 2.25. The molecule has 3 aromatic heterocycles. The molecule has 1 fully saturated rings. The Hall–Kier alpha value is -3.10. The number of fused-ring (bicyclic) bond motifs is 1. The van der Waals surface area contributed by atoms with Gasteiger partial charge in [-0.05, 0) is 37.1 Å². The molecule has 3 heterocycles. The second kappa shape index (κ2) is 7.73. The third kappa shape index (κ3) is 3.90. The van der Waals surface area contributed by atoms with Crippen molar-refractivity contribution in [2.24, 2.45) is 0 Å². The van der Waals surface area contributed by atoms with Gasteiger partial charge in [-0.2, -0.15) is 10.2 Å². The van der Waals surface area contributed by atoms with Crippen LogP contribution in [0.1, 0.15) is 18.4 Å². The molecule has 8 nitrogen and oxygen atoms in total. The largest absolute Gasteiger partial charge is 0.490 e. The van der Waals surface area contributed by atoms with E-state index in [0.29, 0.717) is 18.4 Å². The zero-order chi connectivity index (χ0) is 19.6. The molecular weight excluding hydrogens is 392 g/mol. The lowest BCUT2D eigenvalue weighted by molar-refractivity contribution is 0.139. The van der Waals surface area contributed by atoms with Gasteiger partial charge in [0, 0.05) is 28.5 Å².